The Labute approximate surface area is 136 Å². The second-order valence-corrected chi connectivity index (χ2v) is 5.66. The summed E-state index contributed by atoms with van der Waals surface area (Å²) >= 11 is 6.18. The number of benzene rings is 2. The Bertz CT molecular complexity index is 670. The molecule has 116 valence electrons. The summed E-state index contributed by atoms with van der Waals surface area (Å²) in [6, 6.07) is 13.2. The zero-order valence-electron chi connectivity index (χ0n) is 13.0. The Morgan fingerprint density at radius 2 is 1.91 bits per heavy atom. The lowest BCUT2D eigenvalue weighted by molar-refractivity contribution is 0.0828. The van der Waals surface area contributed by atoms with Crippen LogP contribution in [0.15, 0.2) is 42.5 Å². The van der Waals surface area contributed by atoms with E-state index in [1.165, 1.54) is 5.56 Å². The van der Waals surface area contributed by atoms with Gasteiger partial charge in [0.2, 0.25) is 0 Å². The fraction of sp³-hybridized carbons (Fsp3) is 0.278. The number of ether oxygens (including phenoxy) is 1. The number of rotatable bonds is 5. The van der Waals surface area contributed by atoms with Crippen LogP contribution in [0.4, 0.5) is 0 Å². The Morgan fingerprint density at radius 1 is 1.18 bits per heavy atom. The molecule has 1 unspecified atom stereocenters. The summed E-state index contributed by atoms with van der Waals surface area (Å²) < 4.78 is 5.45. The SMILES string of the molecule is COC(CNC(=O)c1ccc(C)c(C)c1)c1ccccc1Cl. The number of methoxy groups -OCH3 is 1. The second kappa shape index (κ2) is 7.43. The van der Waals surface area contributed by atoms with Gasteiger partial charge in [-0.3, -0.25) is 4.79 Å². The van der Waals surface area contributed by atoms with Crippen LogP contribution in [0.2, 0.25) is 5.02 Å². The van der Waals surface area contributed by atoms with Gasteiger partial charge in [-0.05, 0) is 43.2 Å². The highest BCUT2D eigenvalue weighted by Gasteiger charge is 2.15. The van der Waals surface area contributed by atoms with Gasteiger partial charge in [-0.1, -0.05) is 35.9 Å². The van der Waals surface area contributed by atoms with Gasteiger partial charge in [0, 0.05) is 29.8 Å². The van der Waals surface area contributed by atoms with Crippen LogP contribution in [0.25, 0.3) is 0 Å². The highest BCUT2D eigenvalue weighted by molar-refractivity contribution is 6.31. The molecule has 0 bridgehead atoms. The van der Waals surface area contributed by atoms with Crippen molar-refractivity contribution >= 4 is 17.5 Å². The third-order valence-electron chi connectivity index (χ3n) is 3.75. The molecular formula is C18H20ClNO2. The molecule has 2 aromatic carbocycles. The van der Waals surface area contributed by atoms with Crippen molar-refractivity contribution in [3.05, 3.63) is 69.7 Å². The first-order valence-corrected chi connectivity index (χ1v) is 7.53. The predicted octanol–water partition coefficient (Wildman–Crippen LogP) is 4.07. The minimum atomic E-state index is -0.274. The summed E-state index contributed by atoms with van der Waals surface area (Å²) in [4.78, 5) is 12.2. The molecule has 0 aromatic heterocycles. The van der Waals surface area contributed by atoms with E-state index in [2.05, 4.69) is 5.32 Å². The zero-order valence-corrected chi connectivity index (χ0v) is 13.8. The first-order valence-electron chi connectivity index (χ1n) is 7.15. The summed E-state index contributed by atoms with van der Waals surface area (Å²) in [6.45, 7) is 4.38. The lowest BCUT2D eigenvalue weighted by Gasteiger charge is -2.18. The van der Waals surface area contributed by atoms with E-state index in [-0.39, 0.29) is 12.0 Å². The predicted molar refractivity (Wildman–Crippen MR) is 89.5 cm³/mol. The first kappa shape index (κ1) is 16.5. The molecule has 0 radical (unpaired) electrons. The normalized spacial score (nSPS) is 12.0. The lowest BCUT2D eigenvalue weighted by atomic mass is 10.1. The minimum Gasteiger partial charge on any atom is -0.375 e. The molecule has 1 N–H and O–H groups in total. The molecule has 0 fully saturated rings. The van der Waals surface area contributed by atoms with E-state index in [1.54, 1.807) is 7.11 Å². The third kappa shape index (κ3) is 3.87. The van der Waals surface area contributed by atoms with Crippen LogP contribution in [0, 0.1) is 13.8 Å². The van der Waals surface area contributed by atoms with Crippen molar-refractivity contribution in [2.24, 2.45) is 0 Å². The monoisotopic (exact) mass is 317 g/mol. The van der Waals surface area contributed by atoms with Gasteiger partial charge in [0.05, 0.1) is 0 Å². The molecule has 0 aliphatic heterocycles. The van der Waals surface area contributed by atoms with Crippen LogP contribution in [0.1, 0.15) is 33.2 Å². The summed E-state index contributed by atoms with van der Waals surface area (Å²) in [5.41, 5.74) is 3.79. The molecule has 0 saturated heterocycles. The van der Waals surface area contributed by atoms with E-state index in [0.29, 0.717) is 17.1 Å². The number of nitrogens with one attached hydrogen (secondary N) is 1. The van der Waals surface area contributed by atoms with E-state index < -0.39 is 0 Å². The maximum absolute atomic E-state index is 12.2. The van der Waals surface area contributed by atoms with Crippen LogP contribution in [0.3, 0.4) is 0 Å². The average Bonchev–Trinajstić information content (AvgIpc) is 2.52. The van der Waals surface area contributed by atoms with Crippen molar-refractivity contribution in [2.75, 3.05) is 13.7 Å². The van der Waals surface area contributed by atoms with Crippen molar-refractivity contribution in [3.63, 3.8) is 0 Å². The Morgan fingerprint density at radius 3 is 2.55 bits per heavy atom. The molecule has 22 heavy (non-hydrogen) atoms. The molecule has 2 rings (SSSR count). The number of carbonyl (C=O) groups excluding carboxylic acids is 1. The molecule has 3 nitrogen and oxygen atoms in total. The van der Waals surface area contributed by atoms with Gasteiger partial charge in [0.25, 0.3) is 5.91 Å². The van der Waals surface area contributed by atoms with Gasteiger partial charge in [-0.15, -0.1) is 0 Å². The molecule has 0 spiro atoms. The summed E-state index contributed by atoms with van der Waals surface area (Å²) in [7, 11) is 1.61. The van der Waals surface area contributed by atoms with E-state index >= 15 is 0 Å². The maximum atomic E-state index is 12.2. The number of aryl methyl sites for hydroxylation is 2. The van der Waals surface area contributed by atoms with Gasteiger partial charge >= 0.3 is 0 Å². The molecule has 0 heterocycles. The second-order valence-electron chi connectivity index (χ2n) is 5.25. The van der Waals surface area contributed by atoms with Crippen molar-refractivity contribution in [1.82, 2.24) is 5.32 Å². The average molecular weight is 318 g/mol. The van der Waals surface area contributed by atoms with Crippen molar-refractivity contribution < 1.29 is 9.53 Å². The van der Waals surface area contributed by atoms with Gasteiger partial charge in [-0.2, -0.15) is 0 Å². The van der Waals surface area contributed by atoms with Crippen molar-refractivity contribution in [3.8, 4) is 0 Å². The van der Waals surface area contributed by atoms with E-state index in [9.17, 15) is 4.79 Å². The fourth-order valence-corrected chi connectivity index (χ4v) is 2.48. The largest absolute Gasteiger partial charge is 0.375 e. The smallest absolute Gasteiger partial charge is 0.251 e. The molecule has 1 atom stereocenters. The fourth-order valence-electron chi connectivity index (χ4n) is 2.23. The van der Waals surface area contributed by atoms with Gasteiger partial charge in [0.1, 0.15) is 6.10 Å². The Hall–Kier alpha value is -1.84. The lowest BCUT2D eigenvalue weighted by Crippen LogP contribution is -2.29. The van der Waals surface area contributed by atoms with Crippen LogP contribution in [-0.4, -0.2) is 19.6 Å². The number of halogens is 1. The molecule has 4 heteroatoms. The van der Waals surface area contributed by atoms with Crippen LogP contribution in [0.5, 0.6) is 0 Å². The molecular weight excluding hydrogens is 298 g/mol. The Balaban J connectivity index is 2.05. The van der Waals surface area contributed by atoms with Gasteiger partial charge < -0.3 is 10.1 Å². The highest BCUT2D eigenvalue weighted by Crippen LogP contribution is 2.24. The van der Waals surface area contributed by atoms with E-state index in [4.69, 9.17) is 16.3 Å². The number of carbonyl (C=O) groups is 1. The maximum Gasteiger partial charge on any atom is 0.251 e. The first-order chi connectivity index (χ1) is 10.5. The molecule has 0 saturated carbocycles. The number of hydrogen-bond acceptors (Lipinski definition) is 2. The summed E-state index contributed by atoms with van der Waals surface area (Å²) in [5, 5.41) is 3.53. The molecule has 0 aliphatic rings. The Kier molecular flexibility index (Phi) is 5.58. The zero-order chi connectivity index (χ0) is 16.1. The van der Waals surface area contributed by atoms with Crippen molar-refractivity contribution in [2.45, 2.75) is 20.0 Å². The summed E-state index contributed by atoms with van der Waals surface area (Å²) in [5.74, 6) is -0.114. The molecule has 1 amide bonds. The van der Waals surface area contributed by atoms with E-state index in [1.807, 2.05) is 56.3 Å². The molecule has 0 aliphatic carbocycles. The summed E-state index contributed by atoms with van der Waals surface area (Å²) in [6.07, 6.45) is -0.274. The standard InChI is InChI=1S/C18H20ClNO2/c1-12-8-9-14(10-13(12)2)18(21)20-11-17(22-3)15-6-4-5-7-16(15)19/h4-10,17H,11H2,1-3H3,(H,20,21). The third-order valence-corrected chi connectivity index (χ3v) is 4.10. The minimum absolute atomic E-state index is 0.114. The topological polar surface area (TPSA) is 38.3 Å². The number of hydrogen-bond donors (Lipinski definition) is 1. The van der Waals surface area contributed by atoms with Crippen molar-refractivity contribution in [1.29, 1.82) is 0 Å². The van der Waals surface area contributed by atoms with Crippen LogP contribution >= 0.6 is 11.6 Å². The van der Waals surface area contributed by atoms with Crippen LogP contribution < -0.4 is 5.32 Å². The number of amides is 1. The van der Waals surface area contributed by atoms with Crippen LogP contribution in [-0.2, 0) is 4.74 Å². The van der Waals surface area contributed by atoms with E-state index in [0.717, 1.165) is 11.1 Å². The highest BCUT2D eigenvalue weighted by atomic mass is 35.5. The molecule has 2 aromatic rings. The quantitative estimate of drug-likeness (QED) is 0.902. The van der Waals surface area contributed by atoms with Gasteiger partial charge in [0.15, 0.2) is 0 Å². The van der Waals surface area contributed by atoms with Gasteiger partial charge in [-0.25, -0.2) is 0 Å².